The number of fused-ring (bicyclic) bond motifs is 1. The summed E-state index contributed by atoms with van der Waals surface area (Å²) in [4.78, 5) is 2.48. The SMILES string of the molecule is CN(CCNc1cnnc2ccccc12)C1CCCC1. The summed E-state index contributed by atoms with van der Waals surface area (Å²) in [7, 11) is 2.24. The van der Waals surface area contributed by atoms with Gasteiger partial charge in [0.2, 0.25) is 0 Å². The van der Waals surface area contributed by atoms with Crippen LogP contribution < -0.4 is 5.32 Å². The third kappa shape index (κ3) is 2.90. The Hall–Kier alpha value is -1.68. The van der Waals surface area contributed by atoms with E-state index in [-0.39, 0.29) is 0 Å². The van der Waals surface area contributed by atoms with Crippen LogP contribution in [0.15, 0.2) is 30.5 Å². The van der Waals surface area contributed by atoms with Crippen molar-refractivity contribution < 1.29 is 0 Å². The Balaban J connectivity index is 1.59. The third-order valence-electron chi connectivity index (χ3n) is 4.27. The molecule has 1 aromatic heterocycles. The maximum Gasteiger partial charge on any atom is 0.0950 e. The van der Waals surface area contributed by atoms with Crippen LogP contribution in [0.2, 0.25) is 0 Å². The average molecular weight is 270 g/mol. The number of benzene rings is 1. The van der Waals surface area contributed by atoms with Crippen LogP contribution in [0.4, 0.5) is 5.69 Å². The number of likely N-dealkylation sites (N-methyl/N-ethyl adjacent to an activating group) is 1. The van der Waals surface area contributed by atoms with Gasteiger partial charge in [-0.25, -0.2) is 0 Å². The molecule has 0 saturated heterocycles. The van der Waals surface area contributed by atoms with Gasteiger partial charge in [0.05, 0.1) is 17.4 Å². The lowest BCUT2D eigenvalue weighted by molar-refractivity contribution is 0.254. The molecule has 0 amide bonds. The number of hydrogen-bond donors (Lipinski definition) is 1. The Morgan fingerprint density at radius 2 is 2.05 bits per heavy atom. The number of hydrogen-bond acceptors (Lipinski definition) is 4. The minimum absolute atomic E-state index is 0.782. The van der Waals surface area contributed by atoms with E-state index < -0.39 is 0 Å². The Morgan fingerprint density at radius 3 is 2.90 bits per heavy atom. The minimum Gasteiger partial charge on any atom is -0.382 e. The Labute approximate surface area is 120 Å². The molecule has 2 aromatic rings. The van der Waals surface area contributed by atoms with E-state index in [0.717, 1.165) is 35.7 Å². The molecule has 0 unspecified atom stereocenters. The van der Waals surface area contributed by atoms with Crippen LogP contribution in [0, 0.1) is 0 Å². The van der Waals surface area contributed by atoms with Gasteiger partial charge < -0.3 is 10.2 Å². The smallest absolute Gasteiger partial charge is 0.0950 e. The standard InChI is InChI=1S/C16H22N4/c1-20(13-6-2-3-7-13)11-10-17-16-12-18-19-15-9-5-4-8-14(15)16/h4-5,8-9,12-13H,2-3,6-7,10-11H2,1H3,(H,17,19). The van der Waals surface area contributed by atoms with E-state index in [0.29, 0.717) is 0 Å². The first-order chi connectivity index (χ1) is 9.84. The molecule has 3 rings (SSSR count). The fourth-order valence-corrected chi connectivity index (χ4v) is 3.04. The lowest BCUT2D eigenvalue weighted by Crippen LogP contribution is -2.33. The summed E-state index contributed by atoms with van der Waals surface area (Å²) >= 11 is 0. The van der Waals surface area contributed by atoms with Gasteiger partial charge in [0.1, 0.15) is 0 Å². The number of rotatable bonds is 5. The molecular weight excluding hydrogens is 248 g/mol. The molecule has 0 atom stereocenters. The second-order valence-corrected chi connectivity index (χ2v) is 5.62. The molecule has 0 aliphatic heterocycles. The first kappa shape index (κ1) is 13.3. The molecular formula is C16H22N4. The van der Waals surface area contributed by atoms with Gasteiger partial charge in [-0.1, -0.05) is 31.0 Å². The van der Waals surface area contributed by atoms with Crippen LogP contribution in [0.3, 0.4) is 0 Å². The summed E-state index contributed by atoms with van der Waals surface area (Å²) < 4.78 is 0. The van der Waals surface area contributed by atoms with Crippen molar-refractivity contribution in [3.05, 3.63) is 30.5 Å². The van der Waals surface area contributed by atoms with E-state index in [4.69, 9.17) is 0 Å². The quantitative estimate of drug-likeness (QED) is 0.907. The van der Waals surface area contributed by atoms with Crippen molar-refractivity contribution in [2.45, 2.75) is 31.7 Å². The maximum absolute atomic E-state index is 4.15. The molecule has 4 nitrogen and oxygen atoms in total. The molecule has 1 heterocycles. The monoisotopic (exact) mass is 270 g/mol. The van der Waals surface area contributed by atoms with Crippen molar-refractivity contribution in [3.8, 4) is 0 Å². The van der Waals surface area contributed by atoms with Crippen LogP contribution in [0.25, 0.3) is 10.9 Å². The molecule has 1 fully saturated rings. The first-order valence-electron chi connectivity index (χ1n) is 7.49. The van der Waals surface area contributed by atoms with Crippen LogP contribution in [0.5, 0.6) is 0 Å². The topological polar surface area (TPSA) is 41.0 Å². The summed E-state index contributed by atoms with van der Waals surface area (Å²) in [6, 6.07) is 8.91. The van der Waals surface area contributed by atoms with E-state index in [2.05, 4.69) is 33.5 Å². The molecule has 0 spiro atoms. The molecule has 20 heavy (non-hydrogen) atoms. The summed E-state index contributed by atoms with van der Waals surface area (Å²) in [6.07, 6.45) is 7.31. The van der Waals surface area contributed by atoms with E-state index in [1.165, 1.54) is 25.7 Å². The molecule has 0 radical (unpaired) electrons. The summed E-state index contributed by atoms with van der Waals surface area (Å²) in [6.45, 7) is 2.02. The highest BCUT2D eigenvalue weighted by Gasteiger charge is 2.18. The zero-order valence-electron chi connectivity index (χ0n) is 12.0. The predicted octanol–water partition coefficient (Wildman–Crippen LogP) is 2.92. The van der Waals surface area contributed by atoms with Crippen molar-refractivity contribution in [1.82, 2.24) is 15.1 Å². The fraction of sp³-hybridized carbons (Fsp3) is 0.500. The van der Waals surface area contributed by atoms with Gasteiger partial charge in [0.25, 0.3) is 0 Å². The normalized spacial score (nSPS) is 16.1. The molecule has 1 aromatic carbocycles. The van der Waals surface area contributed by atoms with Crippen LogP contribution in [-0.2, 0) is 0 Å². The minimum atomic E-state index is 0.782. The van der Waals surface area contributed by atoms with E-state index >= 15 is 0 Å². The molecule has 0 bridgehead atoms. The number of aromatic nitrogens is 2. The van der Waals surface area contributed by atoms with Gasteiger partial charge in [0.15, 0.2) is 0 Å². The van der Waals surface area contributed by atoms with Gasteiger partial charge >= 0.3 is 0 Å². The first-order valence-corrected chi connectivity index (χ1v) is 7.49. The molecule has 1 N–H and O–H groups in total. The van der Waals surface area contributed by atoms with Crippen molar-refractivity contribution in [3.63, 3.8) is 0 Å². The highest BCUT2D eigenvalue weighted by atomic mass is 15.1. The lowest BCUT2D eigenvalue weighted by atomic mass is 10.2. The van der Waals surface area contributed by atoms with Gasteiger partial charge in [-0.05, 0) is 26.0 Å². The Bertz CT molecular complexity index is 558. The third-order valence-corrected chi connectivity index (χ3v) is 4.27. The largest absolute Gasteiger partial charge is 0.382 e. The van der Waals surface area contributed by atoms with Crippen molar-refractivity contribution >= 4 is 16.6 Å². The number of anilines is 1. The summed E-state index contributed by atoms with van der Waals surface area (Å²) in [5.74, 6) is 0. The molecule has 1 aliphatic rings. The summed E-state index contributed by atoms with van der Waals surface area (Å²) in [5.41, 5.74) is 2.03. The van der Waals surface area contributed by atoms with Crippen LogP contribution in [0.1, 0.15) is 25.7 Å². The zero-order valence-corrected chi connectivity index (χ0v) is 12.0. The second kappa shape index (κ2) is 6.18. The Kier molecular flexibility index (Phi) is 4.11. The lowest BCUT2D eigenvalue weighted by Gasteiger charge is -2.24. The van der Waals surface area contributed by atoms with Gasteiger partial charge in [-0.2, -0.15) is 10.2 Å². The fourth-order valence-electron chi connectivity index (χ4n) is 3.04. The van der Waals surface area contributed by atoms with Gasteiger partial charge in [-0.3, -0.25) is 0 Å². The van der Waals surface area contributed by atoms with E-state index in [1.54, 1.807) is 0 Å². The molecule has 1 saturated carbocycles. The summed E-state index contributed by atoms with van der Waals surface area (Å²) in [5, 5.41) is 12.9. The van der Waals surface area contributed by atoms with Crippen LogP contribution in [-0.4, -0.2) is 41.3 Å². The number of nitrogens with zero attached hydrogens (tertiary/aromatic N) is 3. The van der Waals surface area contributed by atoms with Crippen LogP contribution >= 0.6 is 0 Å². The van der Waals surface area contributed by atoms with Crippen molar-refractivity contribution in [2.75, 3.05) is 25.5 Å². The average Bonchev–Trinajstić information content (AvgIpc) is 3.02. The zero-order chi connectivity index (χ0) is 13.8. The molecule has 4 heteroatoms. The molecule has 1 aliphatic carbocycles. The highest BCUT2D eigenvalue weighted by Crippen LogP contribution is 2.22. The highest BCUT2D eigenvalue weighted by molar-refractivity contribution is 5.90. The second-order valence-electron chi connectivity index (χ2n) is 5.62. The van der Waals surface area contributed by atoms with Gasteiger partial charge in [-0.15, -0.1) is 0 Å². The van der Waals surface area contributed by atoms with E-state index in [9.17, 15) is 0 Å². The number of nitrogens with one attached hydrogen (secondary N) is 1. The van der Waals surface area contributed by atoms with Gasteiger partial charge in [0, 0.05) is 24.5 Å². The predicted molar refractivity (Wildman–Crippen MR) is 82.9 cm³/mol. The maximum atomic E-state index is 4.15. The van der Waals surface area contributed by atoms with Crippen molar-refractivity contribution in [1.29, 1.82) is 0 Å². The van der Waals surface area contributed by atoms with E-state index in [1.807, 2.05) is 24.4 Å². The molecule has 106 valence electrons. The van der Waals surface area contributed by atoms with Crippen molar-refractivity contribution in [2.24, 2.45) is 0 Å². The Morgan fingerprint density at radius 1 is 1.25 bits per heavy atom.